The van der Waals surface area contributed by atoms with E-state index in [2.05, 4.69) is 0 Å². The summed E-state index contributed by atoms with van der Waals surface area (Å²) in [5.74, 6) is 0. The molecule has 0 heterocycles. The van der Waals surface area contributed by atoms with Crippen LogP contribution in [0.4, 0.5) is 0 Å². The molecular formula is C11H16Cl3N2+. The summed E-state index contributed by atoms with van der Waals surface area (Å²) in [6, 6.07) is 0. The third kappa shape index (κ3) is 2.73. The fourth-order valence-corrected chi connectivity index (χ4v) is 2.42. The van der Waals surface area contributed by atoms with Gasteiger partial charge in [-0.1, -0.05) is 23.2 Å². The van der Waals surface area contributed by atoms with Crippen molar-refractivity contribution in [2.45, 2.75) is 12.8 Å². The van der Waals surface area contributed by atoms with E-state index in [0.717, 1.165) is 24.0 Å². The fraction of sp³-hybridized carbons (Fsp3) is 0.545. The SMILES string of the molecule is CN(C)/C(Cl)=C1\CCC(C(Cl)=[N+](C)C)=C1Cl. The van der Waals surface area contributed by atoms with E-state index in [1.165, 1.54) is 0 Å². The molecule has 0 aromatic rings. The molecule has 0 bridgehead atoms. The molecule has 0 aromatic carbocycles. The molecule has 2 nitrogen and oxygen atoms in total. The Morgan fingerprint density at radius 3 is 2.19 bits per heavy atom. The lowest BCUT2D eigenvalue weighted by atomic mass is 10.2. The quantitative estimate of drug-likeness (QED) is 0.428. The normalized spacial score (nSPS) is 18.9. The van der Waals surface area contributed by atoms with Gasteiger partial charge in [0.1, 0.15) is 19.3 Å². The molecule has 0 amide bonds. The second-order valence-corrected chi connectivity index (χ2v) is 5.24. The maximum absolute atomic E-state index is 6.30. The Balaban J connectivity index is 3.19. The fourth-order valence-electron chi connectivity index (χ4n) is 1.58. The van der Waals surface area contributed by atoms with E-state index < -0.39 is 0 Å². The number of hydrogen-bond acceptors (Lipinski definition) is 1. The minimum absolute atomic E-state index is 0.684. The highest BCUT2D eigenvalue weighted by Crippen LogP contribution is 2.38. The first-order valence-electron chi connectivity index (χ1n) is 5.01. The van der Waals surface area contributed by atoms with Gasteiger partial charge in [0.2, 0.25) is 0 Å². The number of allylic oxidation sites excluding steroid dienone is 3. The highest BCUT2D eigenvalue weighted by molar-refractivity contribution is 6.69. The molecular weight excluding hydrogens is 266 g/mol. The predicted octanol–water partition coefficient (Wildman–Crippen LogP) is 3.19. The zero-order valence-corrected chi connectivity index (χ0v) is 12.2. The van der Waals surface area contributed by atoms with Gasteiger partial charge in [-0.2, -0.15) is 0 Å². The molecule has 0 aliphatic heterocycles. The molecule has 0 unspecified atom stereocenters. The lowest BCUT2D eigenvalue weighted by molar-refractivity contribution is -0.461. The highest BCUT2D eigenvalue weighted by Gasteiger charge is 2.27. The summed E-state index contributed by atoms with van der Waals surface area (Å²) in [6.07, 6.45) is 1.68. The summed E-state index contributed by atoms with van der Waals surface area (Å²) >= 11 is 18.7. The van der Waals surface area contributed by atoms with E-state index in [-0.39, 0.29) is 0 Å². The summed E-state index contributed by atoms with van der Waals surface area (Å²) in [7, 11) is 7.59. The van der Waals surface area contributed by atoms with Crippen LogP contribution in [0.2, 0.25) is 0 Å². The number of halogens is 3. The van der Waals surface area contributed by atoms with Crippen LogP contribution in [-0.4, -0.2) is 42.8 Å². The largest absolute Gasteiger partial charge is 0.368 e. The van der Waals surface area contributed by atoms with Gasteiger partial charge in [-0.15, -0.1) is 0 Å². The average molecular weight is 283 g/mol. The Morgan fingerprint density at radius 2 is 1.75 bits per heavy atom. The first-order chi connectivity index (χ1) is 7.36. The third-order valence-electron chi connectivity index (χ3n) is 2.44. The zero-order chi connectivity index (χ0) is 12.5. The van der Waals surface area contributed by atoms with Crippen molar-refractivity contribution in [3.05, 3.63) is 21.3 Å². The second kappa shape index (κ2) is 5.44. The van der Waals surface area contributed by atoms with Gasteiger partial charge in [0.05, 0.1) is 10.6 Å². The van der Waals surface area contributed by atoms with Gasteiger partial charge in [-0.25, -0.2) is 4.58 Å². The molecule has 0 aromatic heterocycles. The van der Waals surface area contributed by atoms with E-state index in [9.17, 15) is 0 Å². The van der Waals surface area contributed by atoms with E-state index in [4.69, 9.17) is 34.8 Å². The number of hydrogen-bond donors (Lipinski definition) is 0. The van der Waals surface area contributed by atoms with Crippen LogP contribution in [0.5, 0.6) is 0 Å². The monoisotopic (exact) mass is 281 g/mol. The summed E-state index contributed by atoms with van der Waals surface area (Å²) < 4.78 is 1.85. The van der Waals surface area contributed by atoms with Crippen molar-refractivity contribution in [1.82, 2.24) is 4.90 Å². The molecule has 16 heavy (non-hydrogen) atoms. The van der Waals surface area contributed by atoms with Gasteiger partial charge in [0, 0.05) is 19.7 Å². The van der Waals surface area contributed by atoms with E-state index in [1.807, 2.05) is 37.7 Å². The van der Waals surface area contributed by atoms with Crippen molar-refractivity contribution >= 4 is 40.0 Å². The van der Waals surface area contributed by atoms with Crippen molar-refractivity contribution in [3.63, 3.8) is 0 Å². The molecule has 0 atom stereocenters. The minimum Gasteiger partial charge on any atom is -0.368 e. The Labute approximate surface area is 112 Å². The van der Waals surface area contributed by atoms with Crippen molar-refractivity contribution in [3.8, 4) is 0 Å². The Hall–Kier alpha value is -0.180. The maximum Gasteiger partial charge on any atom is 0.273 e. The van der Waals surface area contributed by atoms with Crippen LogP contribution in [0, 0.1) is 0 Å². The zero-order valence-electron chi connectivity index (χ0n) is 9.94. The van der Waals surface area contributed by atoms with Crippen molar-refractivity contribution in [2.75, 3.05) is 28.2 Å². The van der Waals surface area contributed by atoms with Crippen LogP contribution in [0.15, 0.2) is 21.3 Å². The summed E-state index contributed by atoms with van der Waals surface area (Å²) in [4.78, 5) is 1.85. The van der Waals surface area contributed by atoms with E-state index in [1.54, 1.807) is 0 Å². The van der Waals surface area contributed by atoms with Crippen LogP contribution in [0.1, 0.15) is 12.8 Å². The van der Waals surface area contributed by atoms with E-state index >= 15 is 0 Å². The van der Waals surface area contributed by atoms with Crippen molar-refractivity contribution < 1.29 is 4.58 Å². The molecule has 0 radical (unpaired) electrons. The van der Waals surface area contributed by atoms with Gasteiger partial charge in [-0.05, 0) is 24.4 Å². The van der Waals surface area contributed by atoms with Gasteiger partial charge >= 0.3 is 0 Å². The van der Waals surface area contributed by atoms with Gasteiger partial charge in [0.15, 0.2) is 0 Å². The second-order valence-electron chi connectivity index (χ2n) is 4.14. The topological polar surface area (TPSA) is 6.25 Å². The van der Waals surface area contributed by atoms with Crippen LogP contribution in [0.3, 0.4) is 0 Å². The smallest absolute Gasteiger partial charge is 0.273 e. The molecule has 5 heteroatoms. The first kappa shape index (κ1) is 13.9. The molecule has 1 aliphatic carbocycles. The van der Waals surface area contributed by atoms with Crippen molar-refractivity contribution in [1.29, 1.82) is 0 Å². The third-order valence-corrected chi connectivity index (χ3v) is 4.03. The van der Waals surface area contributed by atoms with Gasteiger partial charge in [-0.3, -0.25) is 0 Å². The Kier molecular flexibility index (Phi) is 4.72. The molecule has 1 rings (SSSR count). The number of nitrogens with zero attached hydrogens (tertiary/aromatic N) is 2. The molecule has 0 spiro atoms. The summed E-state index contributed by atoms with van der Waals surface area (Å²) in [5.41, 5.74) is 1.95. The highest BCUT2D eigenvalue weighted by atomic mass is 35.5. The lowest BCUT2D eigenvalue weighted by Crippen LogP contribution is -2.10. The lowest BCUT2D eigenvalue weighted by Gasteiger charge is -2.13. The molecule has 0 N–H and O–H groups in total. The minimum atomic E-state index is 0.684. The van der Waals surface area contributed by atoms with Crippen LogP contribution >= 0.6 is 34.8 Å². The summed E-state index contributed by atoms with van der Waals surface area (Å²) in [6.45, 7) is 0. The Bertz CT molecular complexity index is 388. The predicted molar refractivity (Wildman–Crippen MR) is 71.6 cm³/mol. The van der Waals surface area contributed by atoms with Crippen LogP contribution in [0.25, 0.3) is 0 Å². The first-order valence-corrected chi connectivity index (χ1v) is 6.14. The standard InChI is InChI=1S/C11H16Cl3N2/c1-15(2)10(13)7-5-6-8(9(7)12)11(14)16(3)4/h5-6H2,1-4H3/q+1. The van der Waals surface area contributed by atoms with Gasteiger partial charge < -0.3 is 4.90 Å². The molecule has 0 saturated heterocycles. The maximum atomic E-state index is 6.30. The van der Waals surface area contributed by atoms with Crippen molar-refractivity contribution in [2.24, 2.45) is 0 Å². The van der Waals surface area contributed by atoms with Gasteiger partial charge in [0.25, 0.3) is 5.17 Å². The molecule has 0 fully saturated rings. The number of rotatable bonds is 2. The van der Waals surface area contributed by atoms with Crippen LogP contribution in [-0.2, 0) is 0 Å². The summed E-state index contributed by atoms with van der Waals surface area (Å²) in [5, 5.41) is 2.06. The van der Waals surface area contributed by atoms with E-state index in [0.29, 0.717) is 15.4 Å². The molecule has 0 saturated carbocycles. The molecule has 1 aliphatic rings. The van der Waals surface area contributed by atoms with Crippen LogP contribution < -0.4 is 0 Å². The Morgan fingerprint density at radius 1 is 1.19 bits per heavy atom. The molecule has 90 valence electrons. The average Bonchev–Trinajstić information content (AvgIpc) is 2.57.